The van der Waals surface area contributed by atoms with Gasteiger partial charge in [-0.1, -0.05) is 0 Å². The molecule has 1 rings (SSSR count). The fourth-order valence-corrected chi connectivity index (χ4v) is 1.12. The second-order valence-corrected chi connectivity index (χ2v) is 3.29. The molecule has 0 aliphatic heterocycles. The van der Waals surface area contributed by atoms with Gasteiger partial charge in [0.05, 0.1) is 11.1 Å². The summed E-state index contributed by atoms with van der Waals surface area (Å²) in [5, 5.41) is 0. The predicted molar refractivity (Wildman–Crippen MR) is 43.1 cm³/mol. The van der Waals surface area contributed by atoms with E-state index in [-0.39, 0.29) is 18.2 Å². The zero-order chi connectivity index (χ0) is 15.1. The first-order chi connectivity index (χ1) is 8.29. The van der Waals surface area contributed by atoms with Crippen molar-refractivity contribution in [1.82, 2.24) is 0 Å². The van der Waals surface area contributed by atoms with Crippen molar-refractivity contribution in [2.75, 3.05) is 0 Å². The zero-order valence-corrected chi connectivity index (χ0v) is 8.54. The first-order valence-electron chi connectivity index (χ1n) is 4.34. The van der Waals surface area contributed by atoms with E-state index in [4.69, 9.17) is 0 Å². The zero-order valence-electron chi connectivity index (χ0n) is 8.54. The third-order valence-corrected chi connectivity index (χ3v) is 1.79. The van der Waals surface area contributed by atoms with Crippen molar-refractivity contribution >= 4 is 0 Å². The monoisotopic (exact) mass is 298 g/mol. The Balaban J connectivity index is 3.33. The average molecular weight is 298 g/mol. The summed E-state index contributed by atoms with van der Waals surface area (Å²) in [4.78, 5) is 0. The maximum absolute atomic E-state index is 12.3. The van der Waals surface area contributed by atoms with Gasteiger partial charge in [0.2, 0.25) is 0 Å². The first kappa shape index (κ1) is 15.4. The van der Waals surface area contributed by atoms with Crippen LogP contribution in [0.3, 0.4) is 0 Å². The van der Waals surface area contributed by atoms with E-state index in [0.29, 0.717) is 0 Å². The first-order valence-corrected chi connectivity index (χ1v) is 4.34. The topological polar surface area (TPSA) is 9.23 Å². The Labute approximate surface area is 99.1 Å². The van der Waals surface area contributed by atoms with Gasteiger partial charge in [-0.3, -0.25) is 0 Å². The van der Waals surface area contributed by atoms with E-state index in [0.717, 1.165) is 0 Å². The fraction of sp³-hybridized carbons (Fsp3) is 0.333. The maximum Gasteiger partial charge on any atom is 0.573 e. The minimum atomic E-state index is -5.40. The van der Waals surface area contributed by atoms with Crippen molar-refractivity contribution in [3.8, 4) is 5.75 Å². The van der Waals surface area contributed by atoms with Gasteiger partial charge in [0.1, 0.15) is 5.75 Å². The van der Waals surface area contributed by atoms with E-state index in [1.807, 2.05) is 0 Å². The summed E-state index contributed by atoms with van der Waals surface area (Å²) in [6.45, 7) is 0. The molecule has 0 amide bonds. The van der Waals surface area contributed by atoms with Crippen molar-refractivity contribution in [3.05, 3.63) is 29.3 Å². The van der Waals surface area contributed by atoms with Crippen LogP contribution >= 0.6 is 0 Å². The van der Waals surface area contributed by atoms with Gasteiger partial charge in [-0.25, -0.2) is 0 Å². The van der Waals surface area contributed by atoms with Gasteiger partial charge in [-0.05, 0) is 18.2 Å². The van der Waals surface area contributed by atoms with Gasteiger partial charge in [-0.15, -0.1) is 13.2 Å². The van der Waals surface area contributed by atoms with Gasteiger partial charge >= 0.3 is 18.7 Å². The molecule has 0 spiro atoms. The molecule has 1 aromatic rings. The molecule has 19 heavy (non-hydrogen) atoms. The summed E-state index contributed by atoms with van der Waals surface area (Å²) in [7, 11) is 0. The van der Waals surface area contributed by atoms with E-state index in [2.05, 4.69) is 4.74 Å². The number of hydrogen-bond acceptors (Lipinski definition) is 1. The molecule has 0 unspecified atom stereocenters. The molecule has 0 heterocycles. The van der Waals surface area contributed by atoms with Crippen LogP contribution in [-0.2, 0) is 12.4 Å². The Morgan fingerprint density at radius 1 is 0.632 bits per heavy atom. The maximum atomic E-state index is 12.3. The lowest BCUT2D eigenvalue weighted by Crippen LogP contribution is -2.19. The quantitative estimate of drug-likeness (QED) is 0.687. The van der Waals surface area contributed by atoms with Crippen molar-refractivity contribution in [2.24, 2.45) is 0 Å². The fourth-order valence-electron chi connectivity index (χ4n) is 1.12. The highest BCUT2D eigenvalue weighted by atomic mass is 19.4. The Kier molecular flexibility index (Phi) is 3.65. The molecule has 0 bridgehead atoms. The summed E-state index contributed by atoms with van der Waals surface area (Å²) in [5.41, 5.74) is -3.77. The molecule has 0 N–H and O–H groups in total. The van der Waals surface area contributed by atoms with Crippen LogP contribution in [0.15, 0.2) is 18.2 Å². The number of halogens is 9. The van der Waals surface area contributed by atoms with E-state index < -0.39 is 35.6 Å². The molecule has 1 aromatic carbocycles. The highest BCUT2D eigenvalue weighted by molar-refractivity contribution is 5.37. The van der Waals surface area contributed by atoms with E-state index in [1.165, 1.54) is 0 Å². The third-order valence-electron chi connectivity index (χ3n) is 1.79. The minimum Gasteiger partial charge on any atom is -0.406 e. The summed E-state index contributed by atoms with van der Waals surface area (Å²) in [5.74, 6) is -1.59. The van der Waals surface area contributed by atoms with E-state index >= 15 is 0 Å². The average Bonchev–Trinajstić information content (AvgIpc) is 2.11. The summed E-state index contributed by atoms with van der Waals surface area (Å²) in [6.07, 6.45) is -15.9. The lowest BCUT2D eigenvalue weighted by molar-refractivity contribution is -0.275. The highest BCUT2D eigenvalue weighted by Crippen LogP contribution is 2.39. The van der Waals surface area contributed by atoms with Crippen LogP contribution in [0.4, 0.5) is 39.5 Å². The number of ether oxygens (including phenoxy) is 1. The molecule has 0 aliphatic rings. The molecular formula is C9H3F9O. The lowest BCUT2D eigenvalue weighted by Gasteiger charge is -2.15. The molecule has 0 saturated carbocycles. The predicted octanol–water partition coefficient (Wildman–Crippen LogP) is 4.62. The van der Waals surface area contributed by atoms with Crippen LogP contribution in [0, 0.1) is 0 Å². The van der Waals surface area contributed by atoms with Crippen molar-refractivity contribution in [1.29, 1.82) is 0 Å². The van der Waals surface area contributed by atoms with E-state index in [1.54, 1.807) is 0 Å². The van der Waals surface area contributed by atoms with Gasteiger partial charge in [0, 0.05) is 0 Å². The molecular weight excluding hydrogens is 295 g/mol. The van der Waals surface area contributed by atoms with Crippen molar-refractivity contribution in [2.45, 2.75) is 18.7 Å². The van der Waals surface area contributed by atoms with Gasteiger partial charge in [0.15, 0.2) is 0 Å². The number of hydrogen-bond donors (Lipinski definition) is 0. The Hall–Kier alpha value is -1.61. The highest BCUT2D eigenvalue weighted by Gasteiger charge is 2.39. The molecule has 0 aliphatic carbocycles. The lowest BCUT2D eigenvalue weighted by atomic mass is 10.1. The minimum absolute atomic E-state index is 0.164. The van der Waals surface area contributed by atoms with Gasteiger partial charge in [-0.2, -0.15) is 26.3 Å². The van der Waals surface area contributed by atoms with Crippen LogP contribution in [-0.4, -0.2) is 6.36 Å². The molecule has 1 nitrogen and oxygen atoms in total. The third kappa shape index (κ3) is 4.52. The van der Waals surface area contributed by atoms with Crippen LogP contribution < -0.4 is 4.74 Å². The van der Waals surface area contributed by atoms with Crippen LogP contribution in [0.1, 0.15) is 11.1 Å². The molecule has 0 saturated heterocycles. The molecule has 0 aromatic heterocycles. The second-order valence-electron chi connectivity index (χ2n) is 3.29. The molecule has 10 heteroatoms. The van der Waals surface area contributed by atoms with Crippen molar-refractivity contribution in [3.63, 3.8) is 0 Å². The van der Waals surface area contributed by atoms with Crippen LogP contribution in [0.5, 0.6) is 5.75 Å². The molecule has 0 radical (unpaired) electrons. The standard InChI is InChI=1S/C9H3F9O/c10-7(11,12)4-1-5(8(13,14)15)3-6(2-4)19-9(16,17)18/h1-3H. The normalized spacial score (nSPS) is 13.5. The number of alkyl halides is 9. The molecule has 0 fully saturated rings. The van der Waals surface area contributed by atoms with E-state index in [9.17, 15) is 39.5 Å². The van der Waals surface area contributed by atoms with Gasteiger partial charge in [0.25, 0.3) is 0 Å². The Morgan fingerprint density at radius 3 is 1.26 bits per heavy atom. The molecule has 0 atom stereocenters. The smallest absolute Gasteiger partial charge is 0.406 e. The summed E-state index contributed by atoms with van der Waals surface area (Å²) in [6, 6.07) is -0.630. The number of rotatable bonds is 1. The van der Waals surface area contributed by atoms with Crippen LogP contribution in [0.25, 0.3) is 0 Å². The largest absolute Gasteiger partial charge is 0.573 e. The summed E-state index contributed by atoms with van der Waals surface area (Å²) < 4.78 is 112. The van der Waals surface area contributed by atoms with Crippen LogP contribution in [0.2, 0.25) is 0 Å². The molecule has 108 valence electrons. The van der Waals surface area contributed by atoms with Crippen molar-refractivity contribution < 1.29 is 44.3 Å². The SMILES string of the molecule is FC(F)(F)Oc1cc(C(F)(F)F)cc(C(F)(F)F)c1. The van der Waals surface area contributed by atoms with Gasteiger partial charge < -0.3 is 4.74 Å². The second kappa shape index (κ2) is 4.49. The number of benzene rings is 1. The Morgan fingerprint density at radius 2 is 1.00 bits per heavy atom. The summed E-state index contributed by atoms with van der Waals surface area (Å²) >= 11 is 0. The Bertz CT molecular complexity index is 422.